The fraction of sp³-hybridized carbons (Fsp3) is 0.433. The first-order chi connectivity index (χ1) is 17.4. The van der Waals surface area contributed by atoms with Gasteiger partial charge < -0.3 is 30.3 Å². The van der Waals surface area contributed by atoms with Crippen LogP contribution in [0.4, 0.5) is 0 Å². The Balaban J connectivity index is 1.65. The van der Waals surface area contributed by atoms with Crippen LogP contribution in [0.3, 0.4) is 0 Å². The summed E-state index contributed by atoms with van der Waals surface area (Å²) in [5.41, 5.74) is 2.57. The summed E-state index contributed by atoms with van der Waals surface area (Å²) in [5, 5.41) is 50.6. The fourth-order valence-corrected chi connectivity index (χ4v) is 4.45. The van der Waals surface area contributed by atoms with Gasteiger partial charge in [-0.2, -0.15) is 0 Å². The number of hydrogen-bond acceptors (Lipinski definition) is 7. The van der Waals surface area contributed by atoms with Crippen molar-refractivity contribution in [3.8, 4) is 28.7 Å². The molecule has 7 nitrogen and oxygen atoms in total. The van der Waals surface area contributed by atoms with Crippen LogP contribution in [0.25, 0.3) is 0 Å². The van der Waals surface area contributed by atoms with Crippen LogP contribution in [0.15, 0.2) is 47.6 Å². The van der Waals surface area contributed by atoms with Crippen molar-refractivity contribution in [1.82, 2.24) is 0 Å². The molecule has 200 valence electrons. The highest BCUT2D eigenvalue weighted by Crippen LogP contribution is 2.45. The molecule has 2 aromatic rings. The van der Waals surface area contributed by atoms with Crippen molar-refractivity contribution >= 4 is 5.78 Å². The predicted molar refractivity (Wildman–Crippen MR) is 142 cm³/mol. The van der Waals surface area contributed by atoms with Crippen LogP contribution in [0, 0.1) is 0 Å². The molecule has 0 amide bonds. The number of aromatic hydroxyl groups is 4. The number of Topliss-reactive ketones (excluding diaryl/α,β-unsaturated/α-hetero) is 1. The minimum absolute atomic E-state index is 0.0442. The Labute approximate surface area is 218 Å². The zero-order chi connectivity index (χ0) is 27.3. The highest BCUT2D eigenvalue weighted by atomic mass is 16.5. The molecule has 0 bridgehead atoms. The molecule has 5 N–H and O–H groups in total. The molecule has 3 rings (SSSR count). The zero-order valence-corrected chi connectivity index (χ0v) is 22.0. The summed E-state index contributed by atoms with van der Waals surface area (Å²) >= 11 is 0. The molecule has 0 radical (unpaired) electrons. The lowest BCUT2D eigenvalue weighted by atomic mass is 9.92. The van der Waals surface area contributed by atoms with Crippen LogP contribution >= 0.6 is 0 Å². The minimum atomic E-state index is -0.718. The van der Waals surface area contributed by atoms with Crippen LogP contribution in [-0.4, -0.2) is 36.9 Å². The number of benzene rings is 2. The molecule has 0 saturated carbocycles. The third-order valence-corrected chi connectivity index (χ3v) is 6.68. The lowest BCUT2D eigenvalue weighted by molar-refractivity contribution is 0.0689. The van der Waals surface area contributed by atoms with E-state index in [4.69, 9.17) is 4.74 Å². The van der Waals surface area contributed by atoms with Crippen molar-refractivity contribution < 1.29 is 35.1 Å². The number of carbonyl (C=O) groups excluding carboxylic acids is 1. The van der Waals surface area contributed by atoms with Gasteiger partial charge in [-0.1, -0.05) is 29.4 Å². The van der Waals surface area contributed by atoms with Gasteiger partial charge in [0.1, 0.15) is 28.9 Å². The number of phenolic OH excluding ortho intramolecular Hbond substituents is 4. The lowest BCUT2D eigenvalue weighted by Gasteiger charge is -2.27. The first-order valence-electron chi connectivity index (χ1n) is 12.7. The molecule has 1 heterocycles. The first kappa shape index (κ1) is 28.1. The van der Waals surface area contributed by atoms with Gasteiger partial charge >= 0.3 is 0 Å². The Morgan fingerprint density at radius 3 is 2.38 bits per heavy atom. The van der Waals surface area contributed by atoms with Gasteiger partial charge in [-0.15, -0.1) is 0 Å². The number of hydrogen-bond donors (Lipinski definition) is 5. The van der Waals surface area contributed by atoms with Gasteiger partial charge in [-0.25, -0.2) is 0 Å². The van der Waals surface area contributed by atoms with Crippen molar-refractivity contribution in [3.05, 3.63) is 64.3 Å². The normalized spacial score (nSPS) is 16.5. The number of ketones is 1. The summed E-state index contributed by atoms with van der Waals surface area (Å²) in [6.07, 6.45) is 8.01. The quantitative estimate of drug-likeness (QED) is 0.186. The Hall–Kier alpha value is -3.45. The number of fused-ring (bicyclic) bond motifs is 1. The number of phenols is 4. The van der Waals surface area contributed by atoms with Gasteiger partial charge in [0.2, 0.25) is 0 Å². The summed E-state index contributed by atoms with van der Waals surface area (Å²) in [4.78, 5) is 12.9. The lowest BCUT2D eigenvalue weighted by Crippen LogP contribution is -2.21. The molecule has 1 aliphatic heterocycles. The monoisotopic (exact) mass is 510 g/mol. The van der Waals surface area contributed by atoms with E-state index in [9.17, 15) is 30.3 Å². The molecule has 0 aromatic heterocycles. The molecule has 0 saturated heterocycles. The molecule has 1 atom stereocenters. The Kier molecular flexibility index (Phi) is 8.92. The van der Waals surface area contributed by atoms with E-state index in [0.29, 0.717) is 5.56 Å². The molecule has 0 spiro atoms. The van der Waals surface area contributed by atoms with E-state index < -0.39 is 11.7 Å². The van der Waals surface area contributed by atoms with Crippen LogP contribution in [-0.2, 0) is 6.42 Å². The minimum Gasteiger partial charge on any atom is -0.507 e. The van der Waals surface area contributed by atoms with Crippen molar-refractivity contribution in [2.24, 2.45) is 0 Å². The van der Waals surface area contributed by atoms with Crippen molar-refractivity contribution in [1.29, 1.82) is 0 Å². The van der Waals surface area contributed by atoms with E-state index in [1.807, 2.05) is 26.8 Å². The Bertz CT molecular complexity index is 1200. The van der Waals surface area contributed by atoms with Crippen LogP contribution in [0.5, 0.6) is 28.7 Å². The second-order valence-corrected chi connectivity index (χ2v) is 10.6. The van der Waals surface area contributed by atoms with E-state index in [2.05, 4.69) is 13.0 Å². The van der Waals surface area contributed by atoms with E-state index >= 15 is 0 Å². The van der Waals surface area contributed by atoms with Gasteiger partial charge in [0.15, 0.2) is 17.3 Å². The third-order valence-electron chi connectivity index (χ3n) is 6.68. The molecule has 0 unspecified atom stereocenters. The Morgan fingerprint density at radius 2 is 1.70 bits per heavy atom. The average molecular weight is 511 g/mol. The second-order valence-electron chi connectivity index (χ2n) is 10.6. The third kappa shape index (κ3) is 7.52. The molecular weight excluding hydrogens is 472 g/mol. The second kappa shape index (κ2) is 11.7. The first-order valence-corrected chi connectivity index (χ1v) is 12.7. The molecule has 37 heavy (non-hydrogen) atoms. The molecule has 1 aliphatic rings. The zero-order valence-electron chi connectivity index (χ0n) is 22.0. The van der Waals surface area contributed by atoms with Gasteiger partial charge in [-0.05, 0) is 83.9 Å². The smallest absolute Gasteiger partial charge is 0.174 e. The maximum absolute atomic E-state index is 12.9. The van der Waals surface area contributed by atoms with Gasteiger partial charge in [0.05, 0.1) is 12.0 Å². The average Bonchev–Trinajstić information content (AvgIpc) is 2.79. The maximum Gasteiger partial charge on any atom is 0.174 e. The van der Waals surface area contributed by atoms with Gasteiger partial charge in [0.25, 0.3) is 0 Å². The molecule has 7 heteroatoms. The van der Waals surface area contributed by atoms with Crippen molar-refractivity contribution in [3.63, 3.8) is 0 Å². The topological polar surface area (TPSA) is 127 Å². The molecular formula is C30H38O7. The summed E-state index contributed by atoms with van der Waals surface area (Å²) in [6.45, 7) is 7.74. The highest BCUT2D eigenvalue weighted by Gasteiger charge is 2.32. The van der Waals surface area contributed by atoms with Crippen LogP contribution < -0.4 is 4.74 Å². The largest absolute Gasteiger partial charge is 0.507 e. The number of aliphatic hydroxyl groups is 1. The van der Waals surface area contributed by atoms with Crippen LogP contribution in [0.2, 0.25) is 0 Å². The standard InChI is InChI=1S/C30H38O7/c1-18(9-6-14-30(3,4)36)7-5-8-19(2)10-12-21-23(32)16-27-28(29(21)35)25(34)17-26(37-27)20-11-13-22(31)24(33)15-20/h7,10-11,13,15-16,26,31-33,35-36H,5-6,8-9,12,14,17H2,1-4H3/b18-7+,19-10+/t26-/m0/s1. The summed E-state index contributed by atoms with van der Waals surface area (Å²) in [6, 6.07) is 5.53. The number of ether oxygens (including phenoxy) is 1. The van der Waals surface area contributed by atoms with Crippen molar-refractivity contribution in [2.45, 2.75) is 84.3 Å². The maximum atomic E-state index is 12.9. The summed E-state index contributed by atoms with van der Waals surface area (Å²) in [5.74, 6) is -1.28. The molecule has 2 aromatic carbocycles. The number of allylic oxidation sites excluding steroid dienone is 4. The van der Waals surface area contributed by atoms with Gasteiger partial charge in [-0.3, -0.25) is 4.79 Å². The van der Waals surface area contributed by atoms with Crippen molar-refractivity contribution in [2.75, 3.05) is 0 Å². The molecule has 0 fully saturated rings. The van der Waals surface area contributed by atoms with E-state index in [1.54, 1.807) is 6.07 Å². The number of carbonyl (C=O) groups is 1. The summed E-state index contributed by atoms with van der Waals surface area (Å²) < 4.78 is 5.88. The van der Waals surface area contributed by atoms with E-state index in [0.717, 1.165) is 37.7 Å². The Morgan fingerprint density at radius 1 is 1.00 bits per heavy atom. The van der Waals surface area contributed by atoms with Crippen LogP contribution in [0.1, 0.15) is 93.8 Å². The SMILES string of the molecule is C/C(=C\Cc1c(O)cc2c(c1O)C(=O)C[C@@H](c1ccc(O)c(O)c1)O2)CC/C=C(\C)CCCC(C)(C)O. The fourth-order valence-electron chi connectivity index (χ4n) is 4.45. The predicted octanol–water partition coefficient (Wildman–Crippen LogP) is 6.37. The van der Waals surface area contributed by atoms with E-state index in [-0.39, 0.29) is 58.5 Å². The molecule has 0 aliphatic carbocycles. The van der Waals surface area contributed by atoms with E-state index in [1.165, 1.54) is 23.8 Å². The highest BCUT2D eigenvalue weighted by molar-refractivity contribution is 6.03. The van der Waals surface area contributed by atoms with Gasteiger partial charge in [0, 0.05) is 11.6 Å². The summed E-state index contributed by atoms with van der Waals surface area (Å²) in [7, 11) is 0. The number of rotatable bonds is 10.